The molecule has 0 aliphatic rings. The molecule has 0 heterocycles. The number of rotatable bonds is 7. The summed E-state index contributed by atoms with van der Waals surface area (Å²) in [5.74, 6) is -0.395. The van der Waals surface area contributed by atoms with Crippen LogP contribution in [0.3, 0.4) is 0 Å². The number of hydrogen-bond donors (Lipinski definition) is 2. The van der Waals surface area contributed by atoms with Crippen LogP contribution in [0.5, 0.6) is 0 Å². The number of amides is 1. The van der Waals surface area contributed by atoms with Gasteiger partial charge in [-0.15, -0.1) is 0 Å². The van der Waals surface area contributed by atoms with Gasteiger partial charge in [0.2, 0.25) is 0 Å². The summed E-state index contributed by atoms with van der Waals surface area (Å²) >= 11 is 0. The summed E-state index contributed by atoms with van der Waals surface area (Å²) in [4.78, 5) is 24.1. The summed E-state index contributed by atoms with van der Waals surface area (Å²) in [6.45, 7) is 1.88. The Hall–Kier alpha value is -3.71. The fourth-order valence-corrected chi connectivity index (χ4v) is 3.85. The predicted octanol–water partition coefficient (Wildman–Crippen LogP) is 4.05. The first-order valence-corrected chi connectivity index (χ1v) is 11.0. The molecule has 0 aliphatic carbocycles. The highest BCUT2D eigenvalue weighted by atomic mass is 32.2. The molecule has 7 heteroatoms. The number of allylic oxidation sites excluding steroid dienone is 1. The van der Waals surface area contributed by atoms with Crippen molar-refractivity contribution in [1.29, 1.82) is 0 Å². The quantitative estimate of drug-likeness (QED) is 0.433. The number of aryl methyl sites for hydroxylation is 1. The zero-order valence-electron chi connectivity index (χ0n) is 17.1. The first kappa shape index (κ1) is 22.0. The van der Waals surface area contributed by atoms with Gasteiger partial charge in [0.25, 0.3) is 15.9 Å². The highest BCUT2D eigenvalue weighted by molar-refractivity contribution is 7.92. The SMILES string of the molecule is CNC(=O)c1ccc(C=CC(=O)c2ccc(NS(=O)(=O)c3ccc(C)cc3)cc2)cc1. The molecular formula is C24H22N2O4S. The van der Waals surface area contributed by atoms with Crippen LogP contribution in [0.4, 0.5) is 5.69 Å². The van der Waals surface area contributed by atoms with E-state index in [0.29, 0.717) is 16.8 Å². The van der Waals surface area contributed by atoms with Gasteiger partial charge in [-0.25, -0.2) is 8.42 Å². The molecule has 0 saturated heterocycles. The molecule has 3 aromatic rings. The van der Waals surface area contributed by atoms with Gasteiger partial charge in [-0.1, -0.05) is 35.9 Å². The zero-order valence-corrected chi connectivity index (χ0v) is 17.9. The van der Waals surface area contributed by atoms with Crippen molar-refractivity contribution >= 4 is 33.5 Å². The highest BCUT2D eigenvalue weighted by Gasteiger charge is 2.14. The van der Waals surface area contributed by atoms with E-state index >= 15 is 0 Å². The van der Waals surface area contributed by atoms with Crippen LogP contribution in [0.25, 0.3) is 6.08 Å². The average Bonchev–Trinajstić information content (AvgIpc) is 2.78. The molecule has 2 N–H and O–H groups in total. The summed E-state index contributed by atoms with van der Waals surface area (Å²) in [6, 6.07) is 19.6. The number of benzene rings is 3. The second kappa shape index (κ2) is 9.40. The summed E-state index contributed by atoms with van der Waals surface area (Å²) in [5, 5.41) is 2.55. The van der Waals surface area contributed by atoms with E-state index < -0.39 is 10.0 Å². The van der Waals surface area contributed by atoms with E-state index in [-0.39, 0.29) is 16.6 Å². The van der Waals surface area contributed by atoms with Gasteiger partial charge in [-0.3, -0.25) is 14.3 Å². The van der Waals surface area contributed by atoms with Gasteiger partial charge < -0.3 is 5.32 Å². The number of carbonyl (C=O) groups excluding carboxylic acids is 2. The molecule has 0 atom stereocenters. The summed E-state index contributed by atoms with van der Waals surface area (Å²) in [6.07, 6.45) is 3.09. The molecule has 0 radical (unpaired) electrons. The van der Waals surface area contributed by atoms with Gasteiger partial charge in [0.05, 0.1) is 4.90 Å². The van der Waals surface area contributed by atoms with Crippen molar-refractivity contribution in [3.8, 4) is 0 Å². The van der Waals surface area contributed by atoms with E-state index in [4.69, 9.17) is 0 Å². The largest absolute Gasteiger partial charge is 0.355 e. The molecule has 0 fully saturated rings. The fraction of sp³-hybridized carbons (Fsp3) is 0.0833. The molecule has 31 heavy (non-hydrogen) atoms. The van der Waals surface area contributed by atoms with Gasteiger partial charge in [0.1, 0.15) is 0 Å². The first-order chi connectivity index (χ1) is 14.8. The molecule has 158 valence electrons. The summed E-state index contributed by atoms with van der Waals surface area (Å²) in [5.41, 5.74) is 3.08. The van der Waals surface area contributed by atoms with Crippen molar-refractivity contribution in [1.82, 2.24) is 5.32 Å². The normalized spacial score (nSPS) is 11.3. The van der Waals surface area contributed by atoms with Gasteiger partial charge in [0.15, 0.2) is 5.78 Å². The second-order valence-corrected chi connectivity index (χ2v) is 8.58. The van der Waals surface area contributed by atoms with E-state index in [1.54, 1.807) is 85.9 Å². The van der Waals surface area contributed by atoms with Crippen molar-refractivity contribution in [2.24, 2.45) is 0 Å². The Kier molecular flexibility index (Phi) is 6.67. The minimum Gasteiger partial charge on any atom is -0.355 e. The lowest BCUT2D eigenvalue weighted by Gasteiger charge is -2.08. The standard InChI is InChI=1S/C24H22N2O4S/c1-17-3-14-22(15-4-17)31(29,30)26-21-12-10-19(11-13-21)23(27)16-7-18-5-8-20(9-6-18)24(28)25-2/h3-16,26H,1-2H3,(H,25,28). The monoisotopic (exact) mass is 434 g/mol. The maximum Gasteiger partial charge on any atom is 0.261 e. The minimum absolute atomic E-state index is 0.170. The Balaban J connectivity index is 1.66. The molecular weight excluding hydrogens is 412 g/mol. The zero-order chi connectivity index (χ0) is 22.4. The first-order valence-electron chi connectivity index (χ1n) is 9.52. The summed E-state index contributed by atoms with van der Waals surface area (Å²) in [7, 11) is -2.14. The fourth-order valence-electron chi connectivity index (χ4n) is 2.79. The van der Waals surface area contributed by atoms with Crippen molar-refractivity contribution in [2.75, 3.05) is 11.8 Å². The smallest absolute Gasteiger partial charge is 0.261 e. The number of hydrogen-bond acceptors (Lipinski definition) is 4. The number of carbonyl (C=O) groups is 2. The Labute approximate surface area is 181 Å². The van der Waals surface area contributed by atoms with Crippen LogP contribution in [-0.4, -0.2) is 27.2 Å². The lowest BCUT2D eigenvalue weighted by molar-refractivity contribution is 0.0962. The molecule has 0 unspecified atom stereocenters. The van der Waals surface area contributed by atoms with Crippen LogP contribution in [0.2, 0.25) is 0 Å². The van der Waals surface area contributed by atoms with E-state index in [0.717, 1.165) is 11.1 Å². The third-order valence-electron chi connectivity index (χ3n) is 4.58. The van der Waals surface area contributed by atoms with Gasteiger partial charge in [-0.05, 0) is 67.1 Å². The van der Waals surface area contributed by atoms with Crippen molar-refractivity contribution < 1.29 is 18.0 Å². The average molecular weight is 435 g/mol. The lowest BCUT2D eigenvalue weighted by atomic mass is 10.1. The van der Waals surface area contributed by atoms with E-state index in [2.05, 4.69) is 10.0 Å². The van der Waals surface area contributed by atoms with E-state index in [9.17, 15) is 18.0 Å². The number of ketones is 1. The molecule has 6 nitrogen and oxygen atoms in total. The molecule has 0 aliphatic heterocycles. The van der Waals surface area contributed by atoms with E-state index in [1.165, 1.54) is 6.08 Å². The Morgan fingerprint density at radius 3 is 1.97 bits per heavy atom. The predicted molar refractivity (Wildman–Crippen MR) is 122 cm³/mol. The maximum atomic E-state index is 12.5. The van der Waals surface area contributed by atoms with Crippen LogP contribution in [-0.2, 0) is 10.0 Å². The van der Waals surface area contributed by atoms with Crippen molar-refractivity contribution in [2.45, 2.75) is 11.8 Å². The third kappa shape index (κ3) is 5.67. The topological polar surface area (TPSA) is 92.3 Å². The number of anilines is 1. The van der Waals surface area contributed by atoms with Crippen LogP contribution in [0, 0.1) is 6.92 Å². The van der Waals surface area contributed by atoms with Gasteiger partial charge in [0, 0.05) is 23.9 Å². The Bertz CT molecular complexity index is 1210. The van der Waals surface area contributed by atoms with Crippen molar-refractivity contribution in [3.63, 3.8) is 0 Å². The van der Waals surface area contributed by atoms with Crippen molar-refractivity contribution in [3.05, 3.63) is 101 Å². The lowest BCUT2D eigenvalue weighted by Crippen LogP contribution is -2.17. The third-order valence-corrected chi connectivity index (χ3v) is 5.98. The molecule has 3 aromatic carbocycles. The van der Waals surface area contributed by atoms with E-state index in [1.807, 2.05) is 6.92 Å². The molecule has 0 bridgehead atoms. The Morgan fingerprint density at radius 1 is 0.806 bits per heavy atom. The van der Waals surface area contributed by atoms with Crippen LogP contribution >= 0.6 is 0 Å². The van der Waals surface area contributed by atoms with Gasteiger partial charge in [-0.2, -0.15) is 0 Å². The second-order valence-electron chi connectivity index (χ2n) is 6.89. The molecule has 0 spiro atoms. The molecule has 0 saturated carbocycles. The Morgan fingerprint density at radius 2 is 1.39 bits per heavy atom. The molecule has 1 amide bonds. The van der Waals surface area contributed by atoms with Crippen LogP contribution in [0.1, 0.15) is 31.8 Å². The summed E-state index contributed by atoms with van der Waals surface area (Å²) < 4.78 is 27.4. The molecule has 0 aromatic heterocycles. The minimum atomic E-state index is -3.70. The van der Waals surface area contributed by atoms with Crippen LogP contribution in [0.15, 0.2) is 83.8 Å². The number of sulfonamides is 1. The molecule has 3 rings (SSSR count). The van der Waals surface area contributed by atoms with Crippen LogP contribution < -0.4 is 10.0 Å². The maximum absolute atomic E-state index is 12.5. The highest BCUT2D eigenvalue weighted by Crippen LogP contribution is 2.18. The van der Waals surface area contributed by atoms with Gasteiger partial charge >= 0.3 is 0 Å². The number of nitrogens with one attached hydrogen (secondary N) is 2.